The highest BCUT2D eigenvalue weighted by molar-refractivity contribution is 6.30. The summed E-state index contributed by atoms with van der Waals surface area (Å²) in [4.78, 5) is 48.0. The van der Waals surface area contributed by atoms with Crippen LogP contribution in [0.2, 0.25) is 5.02 Å². The molecular formula is C38H31ClN2O5. The van der Waals surface area contributed by atoms with Gasteiger partial charge in [-0.25, -0.2) is 0 Å². The minimum Gasteiger partial charge on any atom is -0.497 e. The zero-order valence-electron chi connectivity index (χ0n) is 25.3. The van der Waals surface area contributed by atoms with Gasteiger partial charge in [0.1, 0.15) is 17.5 Å². The lowest BCUT2D eigenvalue weighted by Gasteiger charge is -2.20. The summed E-state index contributed by atoms with van der Waals surface area (Å²) in [5, 5.41) is 11.7. The minimum atomic E-state index is -1.52. The lowest BCUT2D eigenvalue weighted by Crippen LogP contribution is -2.25. The first-order chi connectivity index (χ1) is 22.2. The maximum atomic E-state index is 14.2. The second-order valence-corrected chi connectivity index (χ2v) is 11.8. The Kier molecular flexibility index (Phi) is 8.54. The average molecular weight is 631 g/mol. The molecule has 1 unspecified atom stereocenters. The Labute approximate surface area is 272 Å². The maximum absolute atomic E-state index is 14.2. The van der Waals surface area contributed by atoms with E-state index >= 15 is 0 Å². The molecule has 0 amide bonds. The number of aliphatic hydroxyl groups excluding tert-OH is 1. The number of carbonyl (C=O) groups excluding carboxylic acids is 3. The van der Waals surface area contributed by atoms with Crippen LogP contribution in [0.1, 0.15) is 66.8 Å². The van der Waals surface area contributed by atoms with Crippen LogP contribution >= 0.6 is 11.6 Å². The SMILES string of the molecule is COc1ccc(C2(C(=O)c3ccc(C(=O)c4ccc(N(C)c5ccc(Cl)cc5)cn4)cc3C(=O)C(O)c3ccccc3)CC2)cc1. The molecule has 0 spiro atoms. The summed E-state index contributed by atoms with van der Waals surface area (Å²) in [5.41, 5.74) is 2.59. The normalized spacial score (nSPS) is 13.8. The molecule has 0 aliphatic heterocycles. The van der Waals surface area contributed by atoms with Gasteiger partial charge in [-0.05, 0) is 84.6 Å². The van der Waals surface area contributed by atoms with Gasteiger partial charge < -0.3 is 14.7 Å². The first-order valence-electron chi connectivity index (χ1n) is 14.8. The highest BCUT2D eigenvalue weighted by Crippen LogP contribution is 2.51. The maximum Gasteiger partial charge on any atom is 0.211 e. The van der Waals surface area contributed by atoms with Crippen molar-refractivity contribution in [1.29, 1.82) is 0 Å². The first kappa shape index (κ1) is 30.9. The van der Waals surface area contributed by atoms with Gasteiger partial charge in [-0.1, -0.05) is 60.1 Å². The van der Waals surface area contributed by atoms with Gasteiger partial charge in [0.05, 0.1) is 24.4 Å². The van der Waals surface area contributed by atoms with Crippen molar-refractivity contribution in [2.24, 2.45) is 0 Å². The van der Waals surface area contributed by atoms with Gasteiger partial charge in [0.2, 0.25) is 5.78 Å². The van der Waals surface area contributed by atoms with E-state index in [4.69, 9.17) is 16.3 Å². The minimum absolute atomic E-state index is 0.00826. The Morgan fingerprint density at radius 1 is 0.848 bits per heavy atom. The number of carbonyl (C=O) groups is 3. The van der Waals surface area contributed by atoms with E-state index in [1.54, 1.807) is 86.1 Å². The molecule has 4 aromatic carbocycles. The van der Waals surface area contributed by atoms with Gasteiger partial charge in [-0.15, -0.1) is 0 Å². The first-order valence-corrected chi connectivity index (χ1v) is 15.2. The number of benzene rings is 4. The van der Waals surface area contributed by atoms with Gasteiger partial charge in [-0.2, -0.15) is 0 Å². The molecule has 0 bridgehead atoms. The van der Waals surface area contributed by atoms with Crippen LogP contribution in [0.3, 0.4) is 0 Å². The van der Waals surface area contributed by atoms with Gasteiger partial charge >= 0.3 is 0 Å². The Balaban J connectivity index is 1.34. The lowest BCUT2D eigenvalue weighted by atomic mass is 9.83. The quantitative estimate of drug-likeness (QED) is 0.150. The standard InChI is InChI=1S/C38H31ClN2O5/c1-41(28-13-11-27(39)12-14-28)29-15-19-33(40-23-29)34(42)25-8-18-31(32(22-25)36(44)35(43)24-6-4-3-5-7-24)37(45)38(20-21-38)26-9-16-30(46-2)17-10-26/h3-19,22-23,35,43H,20-21H2,1-2H3. The molecule has 6 rings (SSSR count). The van der Waals surface area contributed by atoms with Crippen molar-refractivity contribution in [3.63, 3.8) is 0 Å². The second kappa shape index (κ2) is 12.7. The van der Waals surface area contributed by atoms with Crippen molar-refractivity contribution in [3.05, 3.63) is 154 Å². The van der Waals surface area contributed by atoms with Crippen molar-refractivity contribution in [2.75, 3.05) is 19.1 Å². The van der Waals surface area contributed by atoms with E-state index in [9.17, 15) is 19.5 Å². The molecule has 1 aliphatic rings. The number of rotatable bonds is 11. The molecule has 8 heteroatoms. The van der Waals surface area contributed by atoms with E-state index in [-0.39, 0.29) is 28.2 Å². The molecule has 7 nitrogen and oxygen atoms in total. The number of ketones is 3. The highest BCUT2D eigenvalue weighted by Gasteiger charge is 2.52. The Bertz CT molecular complexity index is 1900. The number of Topliss-reactive ketones (excluding diaryl/α,β-unsaturated/α-hetero) is 2. The topological polar surface area (TPSA) is 96.8 Å². The largest absolute Gasteiger partial charge is 0.497 e. The number of aromatic nitrogens is 1. The molecule has 46 heavy (non-hydrogen) atoms. The molecule has 1 fully saturated rings. The monoisotopic (exact) mass is 630 g/mol. The van der Waals surface area contributed by atoms with Crippen LogP contribution in [-0.4, -0.2) is 41.6 Å². The molecule has 1 N–H and O–H groups in total. The van der Waals surface area contributed by atoms with E-state index in [1.165, 1.54) is 12.1 Å². The van der Waals surface area contributed by atoms with Gasteiger partial charge in [0.15, 0.2) is 11.6 Å². The van der Waals surface area contributed by atoms with E-state index in [0.29, 0.717) is 29.2 Å². The number of nitrogens with zero attached hydrogens (tertiary/aromatic N) is 2. The van der Waals surface area contributed by atoms with Crippen molar-refractivity contribution in [3.8, 4) is 5.75 Å². The predicted molar refractivity (Wildman–Crippen MR) is 178 cm³/mol. The molecular weight excluding hydrogens is 600 g/mol. The van der Waals surface area contributed by atoms with Crippen LogP contribution in [0.25, 0.3) is 0 Å². The summed E-state index contributed by atoms with van der Waals surface area (Å²) in [5.74, 6) is -0.634. The van der Waals surface area contributed by atoms with Crippen LogP contribution in [0.4, 0.5) is 11.4 Å². The fourth-order valence-corrected chi connectivity index (χ4v) is 5.77. The Morgan fingerprint density at radius 3 is 2.13 bits per heavy atom. The summed E-state index contributed by atoms with van der Waals surface area (Å²) in [6.07, 6.45) is 1.31. The molecule has 5 aromatic rings. The Hall–Kier alpha value is -5.11. The van der Waals surface area contributed by atoms with Gasteiger partial charge in [0, 0.05) is 34.4 Å². The molecule has 230 valence electrons. The lowest BCUT2D eigenvalue weighted by molar-refractivity contribution is 0.0742. The van der Waals surface area contributed by atoms with Crippen LogP contribution in [0.5, 0.6) is 5.75 Å². The third kappa shape index (κ3) is 5.95. The average Bonchev–Trinajstić information content (AvgIpc) is 3.93. The zero-order chi connectivity index (χ0) is 32.4. The Morgan fingerprint density at radius 2 is 1.52 bits per heavy atom. The highest BCUT2D eigenvalue weighted by atomic mass is 35.5. The molecule has 0 radical (unpaired) electrons. The molecule has 1 saturated carbocycles. The number of ether oxygens (including phenoxy) is 1. The van der Waals surface area contributed by atoms with Crippen molar-refractivity contribution in [1.82, 2.24) is 4.98 Å². The molecule has 0 saturated heterocycles. The summed E-state index contributed by atoms with van der Waals surface area (Å²) < 4.78 is 5.28. The molecule has 1 atom stereocenters. The summed E-state index contributed by atoms with van der Waals surface area (Å²) >= 11 is 6.02. The van der Waals surface area contributed by atoms with Crippen LogP contribution < -0.4 is 9.64 Å². The third-order valence-corrected chi connectivity index (χ3v) is 8.82. The second-order valence-electron chi connectivity index (χ2n) is 11.3. The number of methoxy groups -OCH3 is 1. The van der Waals surface area contributed by atoms with Gasteiger partial charge in [-0.3, -0.25) is 19.4 Å². The molecule has 1 aliphatic carbocycles. The number of anilines is 2. The smallest absolute Gasteiger partial charge is 0.211 e. The van der Waals surface area contributed by atoms with E-state index < -0.39 is 23.1 Å². The van der Waals surface area contributed by atoms with Crippen LogP contribution in [0.15, 0.2) is 115 Å². The van der Waals surface area contributed by atoms with Crippen LogP contribution in [-0.2, 0) is 5.41 Å². The number of aliphatic hydroxyl groups is 1. The summed E-state index contributed by atoms with van der Waals surface area (Å²) in [7, 11) is 3.46. The number of hydrogen-bond donors (Lipinski definition) is 1. The van der Waals surface area contributed by atoms with Crippen molar-refractivity contribution < 1.29 is 24.2 Å². The zero-order valence-corrected chi connectivity index (χ0v) is 26.1. The third-order valence-electron chi connectivity index (χ3n) is 8.56. The number of hydrogen-bond acceptors (Lipinski definition) is 7. The summed E-state index contributed by atoms with van der Waals surface area (Å²) in [6, 6.07) is 31.1. The van der Waals surface area contributed by atoms with E-state index in [1.807, 2.05) is 36.2 Å². The van der Waals surface area contributed by atoms with Crippen molar-refractivity contribution >= 4 is 40.3 Å². The summed E-state index contributed by atoms with van der Waals surface area (Å²) in [6.45, 7) is 0. The van der Waals surface area contributed by atoms with E-state index in [0.717, 1.165) is 16.9 Å². The van der Waals surface area contributed by atoms with Gasteiger partial charge in [0.25, 0.3) is 0 Å². The number of pyridine rings is 1. The fourth-order valence-electron chi connectivity index (χ4n) is 5.64. The van der Waals surface area contributed by atoms with Crippen LogP contribution in [0, 0.1) is 0 Å². The van der Waals surface area contributed by atoms with Crippen molar-refractivity contribution in [2.45, 2.75) is 24.4 Å². The fraction of sp³-hybridized carbons (Fsp3) is 0.158. The molecule has 1 aromatic heterocycles. The molecule has 1 heterocycles. The van der Waals surface area contributed by atoms with E-state index in [2.05, 4.69) is 4.98 Å². The predicted octanol–water partition coefficient (Wildman–Crippen LogP) is 7.57. The number of halogens is 1.